The summed E-state index contributed by atoms with van der Waals surface area (Å²) in [6.07, 6.45) is 3.73. The average Bonchev–Trinajstić information content (AvgIpc) is 4.05. The lowest BCUT2D eigenvalue weighted by Crippen LogP contribution is -2.66. The highest BCUT2D eigenvalue weighted by Gasteiger charge is 2.49. The van der Waals surface area contributed by atoms with Gasteiger partial charge in [0.2, 0.25) is 41.4 Å². The van der Waals surface area contributed by atoms with Crippen LogP contribution in [0.3, 0.4) is 0 Å². The number of benzene rings is 3. The Hall–Kier alpha value is -7.24. The van der Waals surface area contributed by atoms with Crippen molar-refractivity contribution in [2.24, 2.45) is 16.5 Å². The Morgan fingerprint density at radius 3 is 2.29 bits per heavy atom. The molecule has 18 nitrogen and oxygen atoms in total. The normalized spacial score (nSPS) is 21.8. The summed E-state index contributed by atoms with van der Waals surface area (Å²) >= 11 is 0. The van der Waals surface area contributed by atoms with Gasteiger partial charge in [0, 0.05) is 69.3 Å². The number of carbonyl (C=O) groups is 7. The van der Waals surface area contributed by atoms with E-state index in [4.69, 9.17) is 11.5 Å². The molecular formula is C48H59N11O7. The van der Waals surface area contributed by atoms with Crippen LogP contribution >= 0.6 is 0 Å². The van der Waals surface area contributed by atoms with Gasteiger partial charge < -0.3 is 53.3 Å². The molecular weight excluding hydrogens is 843 g/mol. The first-order valence-corrected chi connectivity index (χ1v) is 22.6. The number of aliphatic imine (C=N–C) groups is 1. The number of nitrogens with one attached hydrogen (secondary N) is 7. The van der Waals surface area contributed by atoms with E-state index in [9.17, 15) is 28.8 Å². The number of carbonyl (C=O) groups excluding carboxylic acids is 7. The number of amides is 7. The second kappa shape index (κ2) is 21.2. The molecule has 3 heterocycles. The third kappa shape index (κ3) is 11.3. The Kier molecular flexibility index (Phi) is 15.0. The molecule has 1 aliphatic carbocycles. The van der Waals surface area contributed by atoms with E-state index in [1.807, 2.05) is 78.9 Å². The third-order valence-corrected chi connectivity index (χ3v) is 12.6. The Balaban J connectivity index is 1.22. The predicted molar refractivity (Wildman–Crippen MR) is 247 cm³/mol. The summed E-state index contributed by atoms with van der Waals surface area (Å²) in [4.78, 5) is 108. The van der Waals surface area contributed by atoms with Gasteiger partial charge in [0.1, 0.15) is 35.7 Å². The van der Waals surface area contributed by atoms with Gasteiger partial charge >= 0.3 is 0 Å². The smallest absolute Gasteiger partial charge is 0.247 e. The number of hydrogen-bond donors (Lipinski definition) is 9. The minimum atomic E-state index is -1.56. The number of rotatable bonds is 11. The van der Waals surface area contributed by atoms with Gasteiger partial charge in [-0.05, 0) is 66.8 Å². The predicted octanol–water partition coefficient (Wildman–Crippen LogP) is 0.521. The van der Waals surface area contributed by atoms with E-state index in [2.05, 4.69) is 41.9 Å². The van der Waals surface area contributed by atoms with Crippen LogP contribution in [0, 0.1) is 0 Å². The van der Waals surface area contributed by atoms with Crippen molar-refractivity contribution in [1.29, 1.82) is 0 Å². The van der Waals surface area contributed by atoms with Crippen molar-refractivity contribution >= 4 is 58.2 Å². The molecule has 0 bridgehead atoms. The standard InChI is InChI=1S/C48H59N11O7/c1-29(60)54-38(24-30-12-3-2-4-13-30)42(62)56-37-19-10-21-51-41(61)36(18-9-22-52-47(49)50)55-43(63)39(25-33-28-53-35-17-8-7-16-34(33)35)57-46(66)48(26-31-14-5-6-15-32(31)27-48)58-44(64)40-20-11-23-59(40)45(37)65/h2-8,12-17,28,36-40,53H,9-11,18-27H2,1H3,(H,51,61)(H,54,60)(H,55,63)(H,56,62)(H,57,66)(H,58,64)(H4,49,50,52)/t36-,37?,38-,39-,40-/m0/s1. The lowest BCUT2D eigenvalue weighted by atomic mass is 9.92. The van der Waals surface area contributed by atoms with Crippen molar-refractivity contribution < 1.29 is 33.6 Å². The number of H-pyrrole nitrogens is 1. The zero-order valence-electron chi connectivity index (χ0n) is 37.1. The maximum atomic E-state index is 15.0. The van der Waals surface area contributed by atoms with Crippen LogP contribution in [0.1, 0.15) is 67.7 Å². The third-order valence-electron chi connectivity index (χ3n) is 12.6. The highest BCUT2D eigenvalue weighted by Crippen LogP contribution is 2.32. The number of aromatic amines is 1. The van der Waals surface area contributed by atoms with Gasteiger partial charge in [-0.25, -0.2) is 0 Å². The van der Waals surface area contributed by atoms with E-state index in [0.717, 1.165) is 33.2 Å². The second-order valence-corrected chi connectivity index (χ2v) is 17.4. The van der Waals surface area contributed by atoms with Gasteiger partial charge in [-0.15, -0.1) is 0 Å². The first-order valence-electron chi connectivity index (χ1n) is 22.6. The summed E-state index contributed by atoms with van der Waals surface area (Å²) in [5, 5.41) is 18.3. The fourth-order valence-corrected chi connectivity index (χ4v) is 9.29. The molecule has 18 heteroatoms. The van der Waals surface area contributed by atoms with Crippen LogP contribution < -0.4 is 43.4 Å². The number of hydrogen-bond acceptors (Lipinski definition) is 8. The Morgan fingerprint density at radius 1 is 0.848 bits per heavy atom. The second-order valence-electron chi connectivity index (χ2n) is 17.4. The van der Waals surface area contributed by atoms with E-state index in [-0.39, 0.29) is 70.5 Å². The fraction of sp³-hybridized carbons (Fsp3) is 0.417. The molecule has 5 atom stereocenters. The molecule has 348 valence electrons. The number of nitrogens with two attached hydrogens (primary N) is 2. The largest absolute Gasteiger partial charge is 0.370 e. The molecule has 3 aliphatic rings. The SMILES string of the molecule is CC(=O)N[C@@H](Cc1ccccc1)C(=O)NC1CCCNC(=O)[C@H](CCCN=C(N)N)NC(=O)[C@H](Cc2c[nH]c3ccccc23)NC(=O)C2(Cc3ccccc3C2)NC(=O)[C@@H]2CCCN2C1=O. The topological polar surface area (TPSA) is 275 Å². The molecule has 1 spiro atoms. The number of aromatic nitrogens is 1. The molecule has 0 saturated carbocycles. The molecule has 2 fully saturated rings. The summed E-state index contributed by atoms with van der Waals surface area (Å²) in [7, 11) is 0. The quantitative estimate of drug-likeness (QED) is 0.0576. The minimum absolute atomic E-state index is 0.0487. The van der Waals surface area contributed by atoms with Gasteiger partial charge in [0.05, 0.1) is 0 Å². The molecule has 7 rings (SSSR count). The maximum Gasteiger partial charge on any atom is 0.247 e. The van der Waals surface area contributed by atoms with E-state index < -0.39 is 77.1 Å². The van der Waals surface area contributed by atoms with Crippen LogP contribution in [0.2, 0.25) is 0 Å². The molecule has 3 aromatic carbocycles. The Bertz CT molecular complexity index is 2440. The van der Waals surface area contributed by atoms with Crippen LogP contribution in [0.5, 0.6) is 0 Å². The van der Waals surface area contributed by atoms with Crippen molar-refractivity contribution in [3.05, 3.63) is 107 Å². The van der Waals surface area contributed by atoms with Gasteiger partial charge in [0.15, 0.2) is 5.96 Å². The summed E-state index contributed by atoms with van der Waals surface area (Å²) in [6, 6.07) is 18.8. The molecule has 2 saturated heterocycles. The zero-order valence-corrected chi connectivity index (χ0v) is 37.1. The van der Waals surface area contributed by atoms with Crippen molar-refractivity contribution in [2.45, 2.75) is 107 Å². The van der Waals surface area contributed by atoms with Crippen LogP contribution in [-0.4, -0.2) is 113 Å². The van der Waals surface area contributed by atoms with E-state index in [1.165, 1.54) is 11.8 Å². The van der Waals surface area contributed by atoms with Gasteiger partial charge in [0.25, 0.3) is 0 Å². The van der Waals surface area contributed by atoms with Crippen molar-refractivity contribution in [1.82, 2.24) is 41.8 Å². The van der Waals surface area contributed by atoms with Crippen LogP contribution in [-0.2, 0) is 59.2 Å². The lowest BCUT2D eigenvalue weighted by Gasteiger charge is -2.35. The van der Waals surface area contributed by atoms with E-state index >= 15 is 4.79 Å². The lowest BCUT2D eigenvalue weighted by molar-refractivity contribution is -0.144. The van der Waals surface area contributed by atoms with Crippen molar-refractivity contribution in [3.8, 4) is 0 Å². The van der Waals surface area contributed by atoms with Crippen LogP contribution in [0.25, 0.3) is 10.9 Å². The first-order chi connectivity index (χ1) is 31.8. The maximum absolute atomic E-state index is 15.0. The summed E-state index contributed by atoms with van der Waals surface area (Å²) < 4.78 is 0. The van der Waals surface area contributed by atoms with E-state index in [0.29, 0.717) is 19.3 Å². The molecule has 2 aliphatic heterocycles. The minimum Gasteiger partial charge on any atom is -0.370 e. The monoisotopic (exact) mass is 901 g/mol. The average molecular weight is 902 g/mol. The molecule has 4 aromatic rings. The number of nitrogens with zero attached hydrogens (tertiary/aromatic N) is 2. The van der Waals surface area contributed by atoms with E-state index in [1.54, 1.807) is 6.20 Å². The molecule has 11 N–H and O–H groups in total. The van der Waals surface area contributed by atoms with Gasteiger partial charge in [-0.3, -0.25) is 38.6 Å². The fourth-order valence-electron chi connectivity index (χ4n) is 9.29. The Morgan fingerprint density at radius 2 is 1.56 bits per heavy atom. The summed E-state index contributed by atoms with van der Waals surface area (Å²) in [6.45, 7) is 1.76. The van der Waals surface area contributed by atoms with Crippen molar-refractivity contribution in [3.63, 3.8) is 0 Å². The van der Waals surface area contributed by atoms with Crippen LogP contribution in [0.15, 0.2) is 90.1 Å². The first kappa shape index (κ1) is 46.7. The molecule has 1 unspecified atom stereocenters. The Labute approximate surface area is 382 Å². The number of fused-ring (bicyclic) bond motifs is 3. The molecule has 66 heavy (non-hydrogen) atoms. The van der Waals surface area contributed by atoms with Crippen molar-refractivity contribution in [2.75, 3.05) is 19.6 Å². The summed E-state index contributed by atoms with van der Waals surface area (Å²) in [5.41, 5.74) is 13.6. The van der Waals surface area contributed by atoms with Gasteiger partial charge in [-0.1, -0.05) is 72.8 Å². The highest BCUT2D eigenvalue weighted by molar-refractivity contribution is 6.00. The highest BCUT2D eigenvalue weighted by atomic mass is 16.2. The zero-order chi connectivity index (χ0) is 46.8. The molecule has 1 aromatic heterocycles. The number of guanidine groups is 1. The molecule has 0 radical (unpaired) electrons. The van der Waals surface area contributed by atoms with Gasteiger partial charge in [-0.2, -0.15) is 0 Å². The van der Waals surface area contributed by atoms with Crippen LogP contribution in [0.4, 0.5) is 0 Å². The number of para-hydroxylation sites is 1. The summed E-state index contributed by atoms with van der Waals surface area (Å²) in [5.74, 6) is -3.93. The molecule has 7 amide bonds.